The molecule has 0 aliphatic heterocycles. The minimum atomic E-state index is -0.0230. The number of rotatable bonds is 8. The first-order valence-corrected chi connectivity index (χ1v) is 12.0. The third-order valence-electron chi connectivity index (χ3n) is 5.94. The van der Waals surface area contributed by atoms with E-state index in [1.54, 1.807) is 6.20 Å². The highest BCUT2D eigenvalue weighted by Gasteiger charge is 2.15. The molecule has 2 aromatic heterocycles. The highest BCUT2D eigenvalue weighted by molar-refractivity contribution is 7.99. The number of carbonyl (C=O) groups excluding carboxylic acids is 1. The number of nitrogens with one attached hydrogen (secondary N) is 1. The molecule has 2 aromatic carbocycles. The van der Waals surface area contributed by atoms with Crippen molar-refractivity contribution in [2.24, 2.45) is 0 Å². The predicted molar refractivity (Wildman–Crippen MR) is 133 cm³/mol. The molecule has 6 nitrogen and oxygen atoms in total. The number of aryl methyl sites for hydroxylation is 2. The number of benzene rings is 2. The van der Waals surface area contributed by atoms with Crippen molar-refractivity contribution in [1.29, 1.82) is 0 Å². The molecule has 0 fully saturated rings. The number of aromatic nitrogens is 4. The average molecular weight is 460 g/mol. The van der Waals surface area contributed by atoms with Crippen molar-refractivity contribution in [3.63, 3.8) is 0 Å². The largest absolute Gasteiger partial charge is 0.351 e. The van der Waals surface area contributed by atoms with E-state index in [9.17, 15) is 4.79 Å². The van der Waals surface area contributed by atoms with Crippen LogP contribution in [0.5, 0.6) is 0 Å². The van der Waals surface area contributed by atoms with Crippen LogP contribution in [0, 0.1) is 27.7 Å². The number of nitrogens with zero attached hydrogens (tertiary/aromatic N) is 4. The van der Waals surface area contributed by atoms with Crippen LogP contribution in [-0.4, -0.2) is 31.0 Å². The number of carbonyl (C=O) groups is 1. The zero-order valence-corrected chi connectivity index (χ0v) is 20.3. The van der Waals surface area contributed by atoms with E-state index in [-0.39, 0.29) is 5.91 Å². The normalized spacial score (nSPS) is 11.0. The van der Waals surface area contributed by atoms with Crippen LogP contribution in [0.25, 0.3) is 5.69 Å². The first kappa shape index (κ1) is 22.9. The SMILES string of the molecule is Cc1cccc(-n2ccnc2SCC(=O)NCc2c(C)nn(Cc3ccccc3)c2C)c1C. The first-order chi connectivity index (χ1) is 15.9. The lowest BCUT2D eigenvalue weighted by Gasteiger charge is -2.12. The molecule has 7 heteroatoms. The zero-order chi connectivity index (χ0) is 23.4. The van der Waals surface area contributed by atoms with Gasteiger partial charge in [-0.2, -0.15) is 5.10 Å². The fourth-order valence-electron chi connectivity index (χ4n) is 3.84. The number of amides is 1. The van der Waals surface area contributed by atoms with Gasteiger partial charge < -0.3 is 5.32 Å². The van der Waals surface area contributed by atoms with Gasteiger partial charge in [-0.05, 0) is 50.5 Å². The molecule has 0 aliphatic carbocycles. The Morgan fingerprint density at radius 3 is 2.61 bits per heavy atom. The Bertz CT molecular complexity index is 1260. The van der Waals surface area contributed by atoms with Crippen molar-refractivity contribution in [2.75, 3.05) is 5.75 Å². The van der Waals surface area contributed by atoms with Crippen LogP contribution in [-0.2, 0) is 17.9 Å². The summed E-state index contributed by atoms with van der Waals surface area (Å²) in [4.78, 5) is 17.1. The van der Waals surface area contributed by atoms with Crippen molar-refractivity contribution in [1.82, 2.24) is 24.6 Å². The van der Waals surface area contributed by atoms with Crippen molar-refractivity contribution in [3.8, 4) is 5.69 Å². The molecule has 0 saturated heterocycles. The highest BCUT2D eigenvalue weighted by atomic mass is 32.2. The highest BCUT2D eigenvalue weighted by Crippen LogP contribution is 2.24. The quantitative estimate of drug-likeness (QED) is 0.386. The number of imidazole rings is 1. The summed E-state index contributed by atoms with van der Waals surface area (Å²) in [5.41, 5.74) is 7.83. The van der Waals surface area contributed by atoms with Gasteiger partial charge in [0.05, 0.1) is 23.7 Å². The summed E-state index contributed by atoms with van der Waals surface area (Å²) in [7, 11) is 0. The molecule has 4 aromatic rings. The van der Waals surface area contributed by atoms with E-state index in [4.69, 9.17) is 0 Å². The maximum absolute atomic E-state index is 12.6. The average Bonchev–Trinajstić information content (AvgIpc) is 3.38. The Kier molecular flexibility index (Phi) is 6.99. The molecule has 4 rings (SSSR count). The molecule has 170 valence electrons. The van der Waals surface area contributed by atoms with Crippen molar-refractivity contribution >= 4 is 17.7 Å². The second-order valence-electron chi connectivity index (χ2n) is 8.16. The molecule has 0 unspecified atom stereocenters. The van der Waals surface area contributed by atoms with E-state index in [0.29, 0.717) is 12.3 Å². The Labute approximate surface area is 199 Å². The van der Waals surface area contributed by atoms with Gasteiger partial charge in [-0.25, -0.2) is 4.98 Å². The summed E-state index contributed by atoms with van der Waals surface area (Å²) >= 11 is 1.44. The van der Waals surface area contributed by atoms with Crippen molar-refractivity contribution in [3.05, 3.63) is 94.6 Å². The van der Waals surface area contributed by atoms with Crippen LogP contribution in [0.1, 0.15) is 33.6 Å². The first-order valence-electron chi connectivity index (χ1n) is 11.0. The third kappa shape index (κ3) is 5.20. The number of hydrogen-bond acceptors (Lipinski definition) is 4. The van der Waals surface area contributed by atoms with Gasteiger partial charge in [0.2, 0.25) is 5.91 Å². The summed E-state index contributed by atoms with van der Waals surface area (Å²) < 4.78 is 4.05. The van der Waals surface area contributed by atoms with E-state index in [2.05, 4.69) is 60.4 Å². The van der Waals surface area contributed by atoms with Gasteiger partial charge in [0, 0.05) is 30.2 Å². The van der Waals surface area contributed by atoms with Gasteiger partial charge in [-0.3, -0.25) is 14.0 Å². The summed E-state index contributed by atoms with van der Waals surface area (Å²) in [6.07, 6.45) is 3.71. The van der Waals surface area contributed by atoms with Crippen LogP contribution in [0.15, 0.2) is 66.1 Å². The molecule has 33 heavy (non-hydrogen) atoms. The Hall–Kier alpha value is -3.32. The van der Waals surface area contributed by atoms with Gasteiger partial charge in [-0.15, -0.1) is 0 Å². The molecule has 1 N–H and O–H groups in total. The smallest absolute Gasteiger partial charge is 0.230 e. The second-order valence-corrected chi connectivity index (χ2v) is 9.10. The molecule has 0 radical (unpaired) electrons. The van der Waals surface area contributed by atoms with Crippen molar-refractivity contribution in [2.45, 2.75) is 45.9 Å². The van der Waals surface area contributed by atoms with Gasteiger partial charge in [0.1, 0.15) is 0 Å². The summed E-state index contributed by atoms with van der Waals surface area (Å²) in [5, 5.41) is 8.53. The lowest BCUT2D eigenvalue weighted by molar-refractivity contribution is -0.118. The predicted octanol–water partition coefficient (Wildman–Crippen LogP) is 4.76. The lowest BCUT2D eigenvalue weighted by Crippen LogP contribution is -2.25. The summed E-state index contributed by atoms with van der Waals surface area (Å²) in [5.74, 6) is 0.281. The van der Waals surface area contributed by atoms with Crippen molar-refractivity contribution < 1.29 is 4.79 Å². The van der Waals surface area contributed by atoms with E-state index in [0.717, 1.165) is 34.3 Å². The Balaban J connectivity index is 1.37. The fourth-order valence-corrected chi connectivity index (χ4v) is 4.64. The van der Waals surface area contributed by atoms with Gasteiger partial charge in [0.15, 0.2) is 5.16 Å². The minimum absolute atomic E-state index is 0.0230. The maximum Gasteiger partial charge on any atom is 0.230 e. The van der Waals surface area contributed by atoms with Gasteiger partial charge in [-0.1, -0.05) is 54.2 Å². The maximum atomic E-state index is 12.6. The van der Waals surface area contributed by atoms with E-state index in [1.807, 2.05) is 46.6 Å². The van der Waals surface area contributed by atoms with E-state index < -0.39 is 0 Å². The fraction of sp³-hybridized carbons (Fsp3) is 0.269. The van der Waals surface area contributed by atoms with Crippen LogP contribution in [0.2, 0.25) is 0 Å². The molecular weight excluding hydrogens is 430 g/mol. The topological polar surface area (TPSA) is 64.7 Å². The molecule has 2 heterocycles. The zero-order valence-electron chi connectivity index (χ0n) is 19.5. The molecule has 1 amide bonds. The monoisotopic (exact) mass is 459 g/mol. The summed E-state index contributed by atoms with van der Waals surface area (Å²) in [6.45, 7) is 9.44. The number of thioether (sulfide) groups is 1. The van der Waals surface area contributed by atoms with Crippen LogP contribution >= 0.6 is 11.8 Å². The minimum Gasteiger partial charge on any atom is -0.351 e. The van der Waals surface area contributed by atoms with Gasteiger partial charge >= 0.3 is 0 Å². The molecule has 0 atom stereocenters. The summed E-state index contributed by atoms with van der Waals surface area (Å²) in [6, 6.07) is 16.5. The van der Waals surface area contributed by atoms with E-state index >= 15 is 0 Å². The Morgan fingerprint density at radius 1 is 1.03 bits per heavy atom. The molecule has 0 saturated carbocycles. The van der Waals surface area contributed by atoms with Crippen LogP contribution in [0.4, 0.5) is 0 Å². The number of hydrogen-bond donors (Lipinski definition) is 1. The van der Waals surface area contributed by atoms with Crippen LogP contribution < -0.4 is 5.32 Å². The molecule has 0 spiro atoms. The Morgan fingerprint density at radius 2 is 1.82 bits per heavy atom. The lowest BCUT2D eigenvalue weighted by atomic mass is 10.1. The molecular formula is C26H29N5OS. The molecule has 0 aliphatic rings. The second kappa shape index (κ2) is 10.1. The van der Waals surface area contributed by atoms with Crippen LogP contribution in [0.3, 0.4) is 0 Å². The van der Waals surface area contributed by atoms with E-state index in [1.165, 1.54) is 28.5 Å². The van der Waals surface area contributed by atoms with Gasteiger partial charge in [0.25, 0.3) is 0 Å². The third-order valence-corrected chi connectivity index (χ3v) is 6.91. The standard InChI is InChI=1S/C26H29N5OS/c1-18-9-8-12-24(19(18)2)30-14-13-27-26(30)33-17-25(32)28-15-23-20(3)29-31(21(23)4)16-22-10-6-5-7-11-22/h5-14H,15-17H2,1-4H3,(H,28,32). The molecule has 0 bridgehead atoms.